The summed E-state index contributed by atoms with van der Waals surface area (Å²) in [6.07, 6.45) is 1.31. The zero-order valence-corrected chi connectivity index (χ0v) is 15.3. The highest BCUT2D eigenvalue weighted by atomic mass is 35.5. The Morgan fingerprint density at radius 2 is 1.81 bits per heavy atom. The van der Waals surface area contributed by atoms with E-state index in [1.165, 1.54) is 24.3 Å². The van der Waals surface area contributed by atoms with Crippen molar-refractivity contribution >= 4 is 47.0 Å². The number of halogens is 2. The number of aromatic nitrogens is 3. The fourth-order valence-electron chi connectivity index (χ4n) is 2.04. The van der Waals surface area contributed by atoms with Gasteiger partial charge in [0.1, 0.15) is 10.7 Å². The maximum Gasteiger partial charge on any atom is 0.342 e. The van der Waals surface area contributed by atoms with Gasteiger partial charge in [-0.3, -0.25) is 5.10 Å². The van der Waals surface area contributed by atoms with E-state index < -0.39 is 5.97 Å². The van der Waals surface area contributed by atoms with E-state index in [-0.39, 0.29) is 21.4 Å². The van der Waals surface area contributed by atoms with Crippen molar-refractivity contribution in [3.05, 3.63) is 63.0 Å². The van der Waals surface area contributed by atoms with Crippen LogP contribution < -0.4 is 0 Å². The fourth-order valence-corrected chi connectivity index (χ4v) is 3.05. The van der Waals surface area contributed by atoms with Gasteiger partial charge in [-0.05, 0) is 60.3 Å². The molecule has 3 N–H and O–H groups in total. The minimum absolute atomic E-state index is 0.0655. The van der Waals surface area contributed by atoms with Gasteiger partial charge in [0.15, 0.2) is 5.82 Å². The first-order chi connectivity index (χ1) is 12.4. The molecule has 0 fully saturated rings. The Hall–Kier alpha value is -2.48. The summed E-state index contributed by atoms with van der Waals surface area (Å²) < 4.78 is 0. The lowest BCUT2D eigenvalue weighted by Gasteiger charge is -2.02. The Bertz CT molecular complexity index is 987. The number of hydrogen-bond acceptors (Lipinski definition) is 5. The van der Waals surface area contributed by atoms with Crippen LogP contribution in [0.4, 0.5) is 0 Å². The van der Waals surface area contributed by atoms with Gasteiger partial charge < -0.3 is 10.2 Å². The summed E-state index contributed by atoms with van der Waals surface area (Å²) >= 11 is 12.6. The predicted molar refractivity (Wildman–Crippen MR) is 101 cm³/mol. The van der Waals surface area contributed by atoms with Gasteiger partial charge >= 0.3 is 5.97 Å². The Kier molecular flexibility index (Phi) is 5.51. The summed E-state index contributed by atoms with van der Waals surface area (Å²) in [6, 6.07) is 11.4. The lowest BCUT2D eigenvalue weighted by Crippen LogP contribution is -1.97. The highest BCUT2D eigenvalue weighted by Crippen LogP contribution is 2.31. The SMILES string of the molecule is O=C(O)/C(=C/c1cc(Cl)ccc1O)Sc1n[nH]c(-c2ccc(Cl)cc2)n1. The molecule has 0 unspecified atom stereocenters. The largest absolute Gasteiger partial charge is 0.507 e. The first kappa shape index (κ1) is 18.3. The summed E-state index contributed by atoms with van der Waals surface area (Å²) in [5, 5.41) is 27.3. The molecule has 0 aliphatic carbocycles. The number of H-pyrrole nitrogens is 1. The zero-order valence-electron chi connectivity index (χ0n) is 13.0. The molecule has 0 aliphatic rings. The topological polar surface area (TPSA) is 99.1 Å². The average Bonchev–Trinajstić information content (AvgIpc) is 3.06. The number of carboxylic acid groups (broad SMARTS) is 1. The second kappa shape index (κ2) is 7.82. The molecule has 0 atom stereocenters. The third kappa shape index (κ3) is 4.37. The molecule has 0 radical (unpaired) electrons. The van der Waals surface area contributed by atoms with Gasteiger partial charge in [0.05, 0.1) is 0 Å². The summed E-state index contributed by atoms with van der Waals surface area (Å²) in [5.74, 6) is -0.766. The van der Waals surface area contributed by atoms with E-state index in [4.69, 9.17) is 23.2 Å². The molecule has 3 aromatic rings. The van der Waals surface area contributed by atoms with Crippen molar-refractivity contribution in [1.29, 1.82) is 0 Å². The van der Waals surface area contributed by atoms with Gasteiger partial charge in [0, 0.05) is 21.2 Å². The minimum atomic E-state index is -1.17. The highest BCUT2D eigenvalue weighted by molar-refractivity contribution is 8.04. The van der Waals surface area contributed by atoms with Gasteiger partial charge in [-0.15, -0.1) is 5.10 Å². The molecule has 0 aliphatic heterocycles. The third-order valence-electron chi connectivity index (χ3n) is 3.27. The zero-order chi connectivity index (χ0) is 18.7. The van der Waals surface area contributed by atoms with Crippen molar-refractivity contribution < 1.29 is 15.0 Å². The summed E-state index contributed by atoms with van der Waals surface area (Å²) in [6.45, 7) is 0. The summed E-state index contributed by atoms with van der Waals surface area (Å²) in [7, 11) is 0. The molecule has 0 saturated carbocycles. The first-order valence-corrected chi connectivity index (χ1v) is 8.79. The smallest absolute Gasteiger partial charge is 0.342 e. The lowest BCUT2D eigenvalue weighted by molar-refractivity contribution is -0.131. The van der Waals surface area contributed by atoms with Crippen molar-refractivity contribution in [2.24, 2.45) is 0 Å². The molecular formula is C17H11Cl2N3O3S. The lowest BCUT2D eigenvalue weighted by atomic mass is 10.2. The number of aromatic hydroxyl groups is 1. The maximum atomic E-state index is 11.5. The third-order valence-corrected chi connectivity index (χ3v) is 4.64. The summed E-state index contributed by atoms with van der Waals surface area (Å²) in [4.78, 5) is 15.7. The van der Waals surface area contributed by atoms with Crippen molar-refractivity contribution in [3.63, 3.8) is 0 Å². The van der Waals surface area contributed by atoms with Crippen LogP contribution in [0.3, 0.4) is 0 Å². The number of phenols is 1. The number of hydrogen-bond donors (Lipinski definition) is 3. The minimum Gasteiger partial charge on any atom is -0.507 e. The number of nitrogens with zero attached hydrogens (tertiary/aromatic N) is 2. The van der Waals surface area contributed by atoms with E-state index in [0.29, 0.717) is 15.9 Å². The molecule has 6 nitrogen and oxygen atoms in total. The second-order valence-electron chi connectivity index (χ2n) is 5.09. The van der Waals surface area contributed by atoms with E-state index in [0.717, 1.165) is 17.3 Å². The van der Waals surface area contributed by atoms with E-state index in [1.807, 2.05) is 0 Å². The first-order valence-electron chi connectivity index (χ1n) is 7.22. The van der Waals surface area contributed by atoms with Gasteiger partial charge in [-0.1, -0.05) is 23.2 Å². The second-order valence-corrected chi connectivity index (χ2v) is 6.97. The Morgan fingerprint density at radius 3 is 2.50 bits per heavy atom. The van der Waals surface area contributed by atoms with Crippen LogP contribution in [-0.2, 0) is 4.79 Å². The Balaban J connectivity index is 1.87. The van der Waals surface area contributed by atoms with E-state index in [1.54, 1.807) is 24.3 Å². The number of aliphatic carboxylic acids is 1. The van der Waals surface area contributed by atoms with Crippen molar-refractivity contribution in [3.8, 4) is 17.1 Å². The standard InChI is InChI=1S/C17H11Cl2N3O3S/c18-11-3-1-9(2-4-11)15-20-17(22-21-15)26-14(16(24)25)8-10-7-12(19)5-6-13(10)23/h1-8,23H,(H,24,25)(H,20,21,22)/b14-8-. The number of carboxylic acids is 1. The van der Waals surface area contributed by atoms with Crippen molar-refractivity contribution in [2.75, 3.05) is 0 Å². The monoisotopic (exact) mass is 407 g/mol. The maximum absolute atomic E-state index is 11.5. The number of aromatic amines is 1. The Morgan fingerprint density at radius 1 is 1.12 bits per heavy atom. The molecule has 9 heteroatoms. The van der Waals surface area contributed by atoms with E-state index in [9.17, 15) is 15.0 Å². The van der Waals surface area contributed by atoms with Gasteiger partial charge in [0.2, 0.25) is 5.16 Å². The van der Waals surface area contributed by atoms with Crippen LogP contribution in [0.15, 0.2) is 52.5 Å². The van der Waals surface area contributed by atoms with Crippen molar-refractivity contribution in [1.82, 2.24) is 15.2 Å². The molecule has 0 amide bonds. The van der Waals surface area contributed by atoms with E-state index in [2.05, 4.69) is 15.2 Å². The molecule has 1 aromatic heterocycles. The predicted octanol–water partition coefficient (Wildman–Crippen LogP) is 4.70. The highest BCUT2D eigenvalue weighted by Gasteiger charge is 2.15. The fraction of sp³-hybridized carbons (Fsp3) is 0. The number of thioether (sulfide) groups is 1. The number of rotatable bonds is 5. The molecule has 0 saturated heterocycles. The normalized spacial score (nSPS) is 11.5. The van der Waals surface area contributed by atoms with Crippen LogP contribution in [0.2, 0.25) is 10.0 Å². The van der Waals surface area contributed by atoms with E-state index >= 15 is 0 Å². The molecule has 1 heterocycles. The summed E-state index contributed by atoms with van der Waals surface area (Å²) in [5.41, 5.74) is 1.05. The Labute approximate surface area is 162 Å². The molecule has 26 heavy (non-hydrogen) atoms. The van der Waals surface area contributed by atoms with Gasteiger partial charge in [0.25, 0.3) is 0 Å². The van der Waals surface area contributed by atoms with Crippen molar-refractivity contribution in [2.45, 2.75) is 5.16 Å². The molecule has 3 rings (SSSR count). The molecule has 0 spiro atoms. The number of phenolic OH excluding ortho intramolecular Hbond substituents is 1. The van der Waals surface area contributed by atoms with Crippen LogP contribution in [0, 0.1) is 0 Å². The van der Waals surface area contributed by atoms with Crippen LogP contribution >= 0.6 is 35.0 Å². The van der Waals surface area contributed by atoms with Crippen LogP contribution in [0.25, 0.3) is 17.5 Å². The number of benzene rings is 2. The molecule has 2 aromatic carbocycles. The van der Waals surface area contributed by atoms with Crippen LogP contribution in [0.1, 0.15) is 5.56 Å². The number of carbonyl (C=O) groups is 1. The molecule has 0 bridgehead atoms. The average molecular weight is 408 g/mol. The molecule has 132 valence electrons. The number of nitrogens with one attached hydrogen (secondary N) is 1. The quantitative estimate of drug-likeness (QED) is 0.418. The van der Waals surface area contributed by atoms with Gasteiger partial charge in [-0.25, -0.2) is 9.78 Å². The van der Waals surface area contributed by atoms with Gasteiger partial charge in [-0.2, -0.15) is 0 Å². The molecular weight excluding hydrogens is 397 g/mol. The van der Waals surface area contributed by atoms with Crippen LogP contribution in [0.5, 0.6) is 5.75 Å². The van der Waals surface area contributed by atoms with Crippen LogP contribution in [-0.4, -0.2) is 31.4 Å².